The first kappa shape index (κ1) is 20.1. The van der Waals surface area contributed by atoms with E-state index in [9.17, 15) is 18.0 Å². The monoisotopic (exact) mass is 409 g/mol. The van der Waals surface area contributed by atoms with Gasteiger partial charge in [0.05, 0.1) is 23.2 Å². The highest BCUT2D eigenvalue weighted by Gasteiger charge is 2.33. The summed E-state index contributed by atoms with van der Waals surface area (Å²) in [5, 5.41) is 3.25. The number of carbonyl (C=O) groups is 1. The topological polar surface area (TPSA) is 64.1 Å². The van der Waals surface area contributed by atoms with Crippen LogP contribution in [-0.2, 0) is 10.9 Å². The molecule has 0 spiro atoms. The van der Waals surface area contributed by atoms with Gasteiger partial charge < -0.3 is 10.1 Å². The fourth-order valence-corrected chi connectivity index (χ4v) is 3.68. The molecule has 2 aromatic heterocycles. The van der Waals surface area contributed by atoms with Crippen LogP contribution in [0.5, 0.6) is 0 Å². The van der Waals surface area contributed by atoms with Crippen molar-refractivity contribution in [3.8, 4) is 0 Å². The first-order chi connectivity index (χ1) is 13.2. The van der Waals surface area contributed by atoms with Crippen molar-refractivity contribution < 1.29 is 22.7 Å². The molecule has 1 N–H and O–H groups in total. The lowest BCUT2D eigenvalue weighted by Crippen LogP contribution is -2.10. The number of aromatic nitrogens is 2. The molecule has 0 aliphatic carbocycles. The van der Waals surface area contributed by atoms with Crippen molar-refractivity contribution in [2.45, 2.75) is 26.9 Å². The maximum Gasteiger partial charge on any atom is 0.418 e. The average molecular weight is 409 g/mol. The summed E-state index contributed by atoms with van der Waals surface area (Å²) in [6.07, 6.45) is -3.26. The van der Waals surface area contributed by atoms with Gasteiger partial charge in [-0.25, -0.2) is 14.8 Å². The molecule has 5 nitrogen and oxygen atoms in total. The Balaban J connectivity index is 2.01. The minimum absolute atomic E-state index is 0.121. The van der Waals surface area contributed by atoms with E-state index in [0.29, 0.717) is 20.7 Å². The molecule has 3 rings (SSSR count). The van der Waals surface area contributed by atoms with Crippen molar-refractivity contribution >= 4 is 39.0 Å². The van der Waals surface area contributed by atoms with E-state index in [1.807, 2.05) is 13.8 Å². The number of nitrogens with zero attached hydrogens (tertiary/aromatic N) is 2. The molecule has 0 amide bonds. The van der Waals surface area contributed by atoms with Gasteiger partial charge in [-0.3, -0.25) is 0 Å². The van der Waals surface area contributed by atoms with Gasteiger partial charge >= 0.3 is 12.1 Å². The third kappa shape index (κ3) is 4.09. The highest BCUT2D eigenvalue weighted by molar-refractivity contribution is 7.20. The number of rotatable bonds is 5. The summed E-state index contributed by atoms with van der Waals surface area (Å²) >= 11 is 1.13. The number of hydrogen-bond donors (Lipinski definition) is 1. The molecule has 28 heavy (non-hydrogen) atoms. The molecule has 0 aliphatic rings. The summed E-state index contributed by atoms with van der Waals surface area (Å²) in [6.45, 7) is 5.84. The number of halogens is 3. The molecule has 0 saturated carbocycles. The van der Waals surface area contributed by atoms with Gasteiger partial charge in [0.1, 0.15) is 21.9 Å². The van der Waals surface area contributed by atoms with Crippen LogP contribution in [0.2, 0.25) is 0 Å². The van der Waals surface area contributed by atoms with Crippen molar-refractivity contribution in [1.82, 2.24) is 9.97 Å². The van der Waals surface area contributed by atoms with Crippen LogP contribution >= 0.6 is 11.3 Å². The standard InChI is InChI=1S/C19H18F3N3O2S/c1-10(2)8-27-18(26)15-11(3)14-16(23-9-24-17(14)28-15)25-13-7-5-4-6-12(13)19(20,21)22/h4-7,9-10H,8H2,1-3H3,(H,23,24,25). The number of alkyl halides is 3. The number of ether oxygens (including phenoxy) is 1. The Bertz CT molecular complexity index is 1020. The maximum absolute atomic E-state index is 13.3. The third-order valence-electron chi connectivity index (χ3n) is 3.95. The predicted octanol–water partition coefficient (Wildman–Crippen LogP) is 5.57. The van der Waals surface area contributed by atoms with Crippen molar-refractivity contribution in [2.75, 3.05) is 11.9 Å². The van der Waals surface area contributed by atoms with Crippen LogP contribution < -0.4 is 5.32 Å². The molecule has 0 aliphatic heterocycles. The van der Waals surface area contributed by atoms with Crippen LogP contribution in [0.1, 0.15) is 34.6 Å². The largest absolute Gasteiger partial charge is 0.461 e. The Morgan fingerprint density at radius 2 is 1.96 bits per heavy atom. The molecule has 3 aromatic rings. The van der Waals surface area contributed by atoms with Gasteiger partial charge in [-0.15, -0.1) is 11.3 Å². The van der Waals surface area contributed by atoms with Gasteiger partial charge in [-0.1, -0.05) is 26.0 Å². The second kappa shape index (κ2) is 7.75. The van der Waals surface area contributed by atoms with E-state index >= 15 is 0 Å². The molecule has 148 valence electrons. The van der Waals surface area contributed by atoms with E-state index in [4.69, 9.17) is 4.74 Å². The van der Waals surface area contributed by atoms with Crippen LogP contribution in [0.25, 0.3) is 10.2 Å². The maximum atomic E-state index is 13.3. The third-order valence-corrected chi connectivity index (χ3v) is 5.13. The summed E-state index contributed by atoms with van der Waals surface area (Å²) < 4.78 is 45.1. The minimum Gasteiger partial charge on any atom is -0.461 e. The summed E-state index contributed by atoms with van der Waals surface area (Å²) in [6, 6.07) is 5.15. The number of anilines is 2. The molecule has 0 saturated heterocycles. The first-order valence-corrected chi connectivity index (χ1v) is 9.34. The van der Waals surface area contributed by atoms with E-state index in [-0.39, 0.29) is 24.0 Å². The Morgan fingerprint density at radius 1 is 1.25 bits per heavy atom. The number of nitrogens with one attached hydrogen (secondary N) is 1. The summed E-state index contributed by atoms with van der Waals surface area (Å²) in [4.78, 5) is 21.5. The van der Waals surface area contributed by atoms with Gasteiger partial charge in [0.25, 0.3) is 0 Å². The second-order valence-corrected chi connectivity index (χ2v) is 7.62. The normalized spacial score (nSPS) is 11.8. The minimum atomic E-state index is -4.51. The molecule has 9 heteroatoms. The van der Waals surface area contributed by atoms with Crippen LogP contribution in [0.3, 0.4) is 0 Å². The summed E-state index contributed by atoms with van der Waals surface area (Å²) in [7, 11) is 0. The SMILES string of the molecule is Cc1c(C(=O)OCC(C)C)sc2ncnc(Nc3ccccc3C(F)(F)F)c12. The van der Waals surface area contributed by atoms with Gasteiger partial charge in [-0.05, 0) is 30.5 Å². The number of fused-ring (bicyclic) bond motifs is 1. The first-order valence-electron chi connectivity index (χ1n) is 8.53. The number of carbonyl (C=O) groups excluding carboxylic acids is 1. The van der Waals surface area contributed by atoms with Crippen molar-refractivity contribution in [1.29, 1.82) is 0 Å². The molecule has 2 heterocycles. The van der Waals surface area contributed by atoms with Gasteiger partial charge in [-0.2, -0.15) is 13.2 Å². The zero-order valence-corrected chi connectivity index (χ0v) is 16.2. The van der Waals surface area contributed by atoms with Crippen molar-refractivity contribution in [2.24, 2.45) is 5.92 Å². The van der Waals surface area contributed by atoms with Crippen LogP contribution in [-0.4, -0.2) is 22.5 Å². The number of para-hydroxylation sites is 1. The smallest absolute Gasteiger partial charge is 0.418 e. The summed E-state index contributed by atoms with van der Waals surface area (Å²) in [5.41, 5.74) is -0.350. The van der Waals surface area contributed by atoms with E-state index in [2.05, 4.69) is 15.3 Å². The lowest BCUT2D eigenvalue weighted by atomic mass is 10.1. The van der Waals surface area contributed by atoms with Crippen molar-refractivity contribution in [3.05, 3.63) is 46.6 Å². The Labute approximate surface area is 163 Å². The number of thiophene rings is 1. The zero-order chi connectivity index (χ0) is 20.5. The molecule has 0 fully saturated rings. The van der Waals surface area contributed by atoms with Crippen LogP contribution in [0.4, 0.5) is 24.7 Å². The average Bonchev–Trinajstić information content (AvgIpc) is 2.97. The van der Waals surface area contributed by atoms with Gasteiger partial charge in [0.15, 0.2) is 0 Å². The van der Waals surface area contributed by atoms with Gasteiger partial charge in [0, 0.05) is 0 Å². The molecule has 1 aromatic carbocycles. The number of aryl methyl sites for hydroxylation is 1. The molecule has 0 unspecified atom stereocenters. The zero-order valence-electron chi connectivity index (χ0n) is 15.4. The molecule has 0 bridgehead atoms. The number of benzene rings is 1. The van der Waals surface area contributed by atoms with E-state index in [1.165, 1.54) is 24.5 Å². The van der Waals surface area contributed by atoms with Crippen molar-refractivity contribution in [3.63, 3.8) is 0 Å². The molecular formula is C19H18F3N3O2S. The van der Waals surface area contributed by atoms with Crippen LogP contribution in [0.15, 0.2) is 30.6 Å². The van der Waals surface area contributed by atoms with E-state index in [1.54, 1.807) is 6.92 Å². The predicted molar refractivity (Wildman–Crippen MR) is 102 cm³/mol. The Hall–Kier alpha value is -2.68. The fraction of sp³-hybridized carbons (Fsp3) is 0.316. The highest BCUT2D eigenvalue weighted by Crippen LogP contribution is 2.38. The number of hydrogen-bond acceptors (Lipinski definition) is 6. The van der Waals surface area contributed by atoms with E-state index < -0.39 is 17.7 Å². The number of esters is 1. The Morgan fingerprint density at radius 3 is 2.64 bits per heavy atom. The highest BCUT2D eigenvalue weighted by atomic mass is 32.1. The van der Waals surface area contributed by atoms with Gasteiger partial charge in [0.2, 0.25) is 0 Å². The van der Waals surface area contributed by atoms with E-state index in [0.717, 1.165) is 17.4 Å². The summed E-state index contributed by atoms with van der Waals surface area (Å²) in [5.74, 6) is -0.0799. The quantitative estimate of drug-likeness (QED) is 0.558. The fourth-order valence-electron chi connectivity index (χ4n) is 2.64. The second-order valence-electron chi connectivity index (χ2n) is 6.62. The molecular weight excluding hydrogens is 391 g/mol. The van der Waals surface area contributed by atoms with Crippen LogP contribution in [0, 0.1) is 12.8 Å². The molecule has 0 atom stereocenters. The Kier molecular flexibility index (Phi) is 5.55. The molecule has 0 radical (unpaired) electrons. The lowest BCUT2D eigenvalue weighted by molar-refractivity contribution is -0.136. The lowest BCUT2D eigenvalue weighted by Gasteiger charge is -2.14.